The Hall–Kier alpha value is -0.860. The van der Waals surface area contributed by atoms with Gasteiger partial charge >= 0.3 is 0 Å². The molecular formula is C16H27NO. The lowest BCUT2D eigenvalue weighted by molar-refractivity contribution is 0.121. The van der Waals surface area contributed by atoms with E-state index in [-0.39, 0.29) is 0 Å². The summed E-state index contributed by atoms with van der Waals surface area (Å²) in [6.07, 6.45) is 2.16. The standard InChI is InChI=1S/C16H27NO/c1-4-11-18-13-16-8-6-5-7-15(16)9-10-17-12-14(2)3/h5-8,14,17H,4,9-13H2,1-3H3. The second-order valence-electron chi connectivity index (χ2n) is 5.17. The Morgan fingerprint density at radius 2 is 1.89 bits per heavy atom. The van der Waals surface area contributed by atoms with Gasteiger partial charge in [0.05, 0.1) is 6.61 Å². The van der Waals surface area contributed by atoms with Crippen molar-refractivity contribution in [1.29, 1.82) is 0 Å². The van der Waals surface area contributed by atoms with Gasteiger partial charge in [-0.15, -0.1) is 0 Å². The third kappa shape index (κ3) is 6.18. The zero-order valence-corrected chi connectivity index (χ0v) is 12.0. The summed E-state index contributed by atoms with van der Waals surface area (Å²) in [6, 6.07) is 8.59. The molecule has 0 aliphatic rings. The van der Waals surface area contributed by atoms with Gasteiger partial charge in [-0.25, -0.2) is 0 Å². The predicted molar refractivity (Wildman–Crippen MR) is 77.8 cm³/mol. The average Bonchev–Trinajstić information content (AvgIpc) is 2.36. The molecule has 1 rings (SSSR count). The molecule has 0 fully saturated rings. The van der Waals surface area contributed by atoms with Gasteiger partial charge in [0.2, 0.25) is 0 Å². The molecule has 0 radical (unpaired) electrons. The third-order valence-corrected chi connectivity index (χ3v) is 2.85. The lowest BCUT2D eigenvalue weighted by Crippen LogP contribution is -2.22. The number of hydrogen-bond acceptors (Lipinski definition) is 2. The quantitative estimate of drug-likeness (QED) is 0.677. The lowest BCUT2D eigenvalue weighted by atomic mass is 10.1. The molecule has 0 aliphatic heterocycles. The second-order valence-corrected chi connectivity index (χ2v) is 5.17. The molecule has 0 saturated heterocycles. The molecule has 102 valence electrons. The molecule has 1 aromatic rings. The van der Waals surface area contributed by atoms with Gasteiger partial charge in [0.15, 0.2) is 0 Å². The highest BCUT2D eigenvalue weighted by Gasteiger charge is 2.02. The fourth-order valence-electron chi connectivity index (χ4n) is 1.88. The third-order valence-electron chi connectivity index (χ3n) is 2.85. The smallest absolute Gasteiger partial charge is 0.0719 e. The molecule has 2 nitrogen and oxygen atoms in total. The Kier molecular flexibility index (Phi) is 7.70. The fourth-order valence-corrected chi connectivity index (χ4v) is 1.88. The van der Waals surface area contributed by atoms with E-state index in [0.29, 0.717) is 5.92 Å². The zero-order valence-electron chi connectivity index (χ0n) is 12.0. The minimum absolute atomic E-state index is 0.716. The summed E-state index contributed by atoms with van der Waals surface area (Å²) in [7, 11) is 0. The molecule has 0 aliphatic carbocycles. The molecule has 0 saturated carbocycles. The van der Waals surface area contributed by atoms with Crippen LogP contribution in [0, 0.1) is 5.92 Å². The van der Waals surface area contributed by atoms with E-state index in [9.17, 15) is 0 Å². The Morgan fingerprint density at radius 1 is 1.17 bits per heavy atom. The van der Waals surface area contributed by atoms with E-state index in [4.69, 9.17) is 4.74 Å². The van der Waals surface area contributed by atoms with Crippen LogP contribution in [0.25, 0.3) is 0 Å². The maximum absolute atomic E-state index is 5.63. The summed E-state index contributed by atoms with van der Waals surface area (Å²) < 4.78 is 5.63. The number of ether oxygens (including phenoxy) is 1. The van der Waals surface area contributed by atoms with E-state index in [2.05, 4.69) is 50.4 Å². The summed E-state index contributed by atoms with van der Waals surface area (Å²) in [5.74, 6) is 0.716. The maximum atomic E-state index is 5.63. The summed E-state index contributed by atoms with van der Waals surface area (Å²) in [5.41, 5.74) is 2.74. The molecule has 2 heteroatoms. The van der Waals surface area contributed by atoms with E-state index in [0.717, 1.165) is 39.1 Å². The molecule has 1 aromatic carbocycles. The number of rotatable bonds is 9. The molecule has 0 spiro atoms. The Morgan fingerprint density at radius 3 is 2.56 bits per heavy atom. The van der Waals surface area contributed by atoms with Crippen molar-refractivity contribution in [2.24, 2.45) is 5.92 Å². The van der Waals surface area contributed by atoms with Crippen molar-refractivity contribution >= 4 is 0 Å². The number of hydrogen-bond donors (Lipinski definition) is 1. The van der Waals surface area contributed by atoms with Gasteiger partial charge in [-0.2, -0.15) is 0 Å². The first-order chi connectivity index (χ1) is 8.74. The molecule has 0 unspecified atom stereocenters. The normalized spacial score (nSPS) is 11.1. The largest absolute Gasteiger partial charge is 0.377 e. The van der Waals surface area contributed by atoms with Gasteiger partial charge in [-0.1, -0.05) is 45.0 Å². The van der Waals surface area contributed by atoms with E-state index in [1.807, 2.05) is 0 Å². The molecule has 0 atom stereocenters. The van der Waals surface area contributed by atoms with Crippen molar-refractivity contribution in [3.05, 3.63) is 35.4 Å². The SMILES string of the molecule is CCCOCc1ccccc1CCNCC(C)C. The average molecular weight is 249 g/mol. The van der Waals surface area contributed by atoms with Gasteiger partial charge in [-0.05, 0) is 43.0 Å². The van der Waals surface area contributed by atoms with Crippen molar-refractivity contribution in [3.8, 4) is 0 Å². The van der Waals surface area contributed by atoms with Crippen LogP contribution in [0.1, 0.15) is 38.3 Å². The van der Waals surface area contributed by atoms with Crippen LogP contribution >= 0.6 is 0 Å². The Balaban J connectivity index is 2.38. The molecular weight excluding hydrogens is 222 g/mol. The molecule has 0 aromatic heterocycles. The lowest BCUT2D eigenvalue weighted by Gasteiger charge is -2.11. The monoisotopic (exact) mass is 249 g/mol. The highest BCUT2D eigenvalue weighted by Crippen LogP contribution is 2.10. The van der Waals surface area contributed by atoms with Crippen molar-refractivity contribution < 1.29 is 4.74 Å². The van der Waals surface area contributed by atoms with Crippen molar-refractivity contribution in [2.45, 2.75) is 40.2 Å². The van der Waals surface area contributed by atoms with Gasteiger partial charge < -0.3 is 10.1 Å². The van der Waals surface area contributed by atoms with E-state index in [1.54, 1.807) is 0 Å². The number of nitrogens with one attached hydrogen (secondary N) is 1. The molecule has 0 amide bonds. The van der Waals surface area contributed by atoms with E-state index in [1.165, 1.54) is 11.1 Å². The van der Waals surface area contributed by atoms with Crippen LogP contribution in [-0.2, 0) is 17.8 Å². The van der Waals surface area contributed by atoms with Crippen LogP contribution < -0.4 is 5.32 Å². The van der Waals surface area contributed by atoms with Crippen molar-refractivity contribution in [1.82, 2.24) is 5.32 Å². The number of benzene rings is 1. The molecule has 0 bridgehead atoms. The summed E-state index contributed by atoms with van der Waals surface area (Å²) in [6.45, 7) is 10.3. The highest BCUT2D eigenvalue weighted by molar-refractivity contribution is 5.26. The van der Waals surface area contributed by atoms with Crippen LogP contribution in [0.5, 0.6) is 0 Å². The summed E-state index contributed by atoms with van der Waals surface area (Å²) in [4.78, 5) is 0. The summed E-state index contributed by atoms with van der Waals surface area (Å²) in [5, 5.41) is 3.49. The topological polar surface area (TPSA) is 21.3 Å². The highest BCUT2D eigenvalue weighted by atomic mass is 16.5. The fraction of sp³-hybridized carbons (Fsp3) is 0.625. The maximum Gasteiger partial charge on any atom is 0.0719 e. The van der Waals surface area contributed by atoms with Crippen LogP contribution in [0.4, 0.5) is 0 Å². The van der Waals surface area contributed by atoms with Gasteiger partial charge in [0, 0.05) is 6.61 Å². The van der Waals surface area contributed by atoms with E-state index >= 15 is 0 Å². The Labute approximate surface area is 112 Å². The Bertz CT molecular complexity index is 323. The summed E-state index contributed by atoms with van der Waals surface area (Å²) >= 11 is 0. The molecule has 0 heterocycles. The minimum Gasteiger partial charge on any atom is -0.377 e. The van der Waals surface area contributed by atoms with Crippen LogP contribution in [0.3, 0.4) is 0 Å². The van der Waals surface area contributed by atoms with Crippen LogP contribution in [0.15, 0.2) is 24.3 Å². The molecule has 18 heavy (non-hydrogen) atoms. The van der Waals surface area contributed by atoms with E-state index < -0.39 is 0 Å². The first kappa shape index (κ1) is 15.2. The van der Waals surface area contributed by atoms with Crippen LogP contribution in [-0.4, -0.2) is 19.7 Å². The second kappa shape index (κ2) is 9.12. The van der Waals surface area contributed by atoms with Gasteiger partial charge in [0.1, 0.15) is 0 Å². The van der Waals surface area contributed by atoms with Gasteiger partial charge in [0.25, 0.3) is 0 Å². The van der Waals surface area contributed by atoms with Gasteiger partial charge in [-0.3, -0.25) is 0 Å². The van der Waals surface area contributed by atoms with Crippen molar-refractivity contribution in [2.75, 3.05) is 19.7 Å². The first-order valence-electron chi connectivity index (χ1n) is 7.09. The zero-order chi connectivity index (χ0) is 13.2. The minimum atomic E-state index is 0.716. The molecule has 1 N–H and O–H groups in total. The first-order valence-corrected chi connectivity index (χ1v) is 7.09. The van der Waals surface area contributed by atoms with Crippen molar-refractivity contribution in [3.63, 3.8) is 0 Å². The predicted octanol–water partition coefficient (Wildman–Crippen LogP) is 3.40. The van der Waals surface area contributed by atoms with Crippen LogP contribution in [0.2, 0.25) is 0 Å².